The summed E-state index contributed by atoms with van der Waals surface area (Å²) in [7, 11) is 0. The van der Waals surface area contributed by atoms with E-state index in [4.69, 9.17) is 24.1 Å². The van der Waals surface area contributed by atoms with Crippen LogP contribution in [0.25, 0.3) is 0 Å². The molecule has 0 aliphatic carbocycles. The van der Waals surface area contributed by atoms with Crippen molar-refractivity contribution < 1.29 is 43.9 Å². The van der Waals surface area contributed by atoms with Gasteiger partial charge in [0.05, 0.1) is 12.2 Å². The lowest BCUT2D eigenvalue weighted by atomic mass is 9.81. The quantitative estimate of drug-likeness (QED) is 0.577. The van der Waals surface area contributed by atoms with Crippen molar-refractivity contribution in [2.45, 2.75) is 111 Å². The first-order valence-corrected chi connectivity index (χ1v) is 9.52. The summed E-state index contributed by atoms with van der Waals surface area (Å²) in [6.07, 6.45) is -3.07. The Balaban J connectivity index is 0.000000568. The van der Waals surface area contributed by atoms with Crippen molar-refractivity contribution in [1.29, 1.82) is 0 Å². The summed E-state index contributed by atoms with van der Waals surface area (Å²) in [4.78, 5) is 22.1. The van der Waals surface area contributed by atoms with E-state index in [0.717, 1.165) is 6.42 Å². The van der Waals surface area contributed by atoms with Crippen LogP contribution in [-0.4, -0.2) is 69.9 Å². The molecule has 7 atom stereocenters. The van der Waals surface area contributed by atoms with Crippen molar-refractivity contribution >= 4 is 11.9 Å². The van der Waals surface area contributed by atoms with Crippen LogP contribution in [0.15, 0.2) is 0 Å². The van der Waals surface area contributed by atoms with Gasteiger partial charge in [-0.15, -0.1) is 0 Å². The van der Waals surface area contributed by atoms with E-state index in [1.54, 1.807) is 0 Å². The minimum absolute atomic E-state index is 0. The van der Waals surface area contributed by atoms with Crippen LogP contribution >= 0.6 is 0 Å². The summed E-state index contributed by atoms with van der Waals surface area (Å²) in [6.45, 7) is 11.8. The molecule has 2 aliphatic rings. The first-order chi connectivity index (χ1) is 12.8. The maximum absolute atomic E-state index is 11.1. The van der Waals surface area contributed by atoms with Crippen molar-refractivity contribution in [2.75, 3.05) is 0 Å². The highest BCUT2D eigenvalue weighted by molar-refractivity contribution is 5.67. The van der Waals surface area contributed by atoms with Crippen LogP contribution in [0, 0.1) is 5.41 Å². The van der Waals surface area contributed by atoms with E-state index in [9.17, 15) is 19.8 Å². The molecular formula is C20H38O9. The predicted octanol–water partition coefficient (Wildman–Crippen LogP) is 1.50. The largest absolute Gasteiger partial charge is 0.455 e. The van der Waals surface area contributed by atoms with E-state index in [0.29, 0.717) is 6.42 Å². The predicted molar refractivity (Wildman–Crippen MR) is 105 cm³/mol. The fourth-order valence-corrected chi connectivity index (χ4v) is 3.57. The van der Waals surface area contributed by atoms with Gasteiger partial charge in [0.25, 0.3) is 0 Å². The Hall–Kier alpha value is -1.26. The molecule has 172 valence electrons. The molecule has 1 unspecified atom stereocenters. The molecule has 2 fully saturated rings. The highest BCUT2D eigenvalue weighted by atomic mass is 16.7. The highest BCUT2D eigenvalue weighted by Gasteiger charge is 2.53. The van der Waals surface area contributed by atoms with Gasteiger partial charge in [0, 0.05) is 19.3 Å². The fraction of sp³-hybridized carbons (Fsp3) is 0.900. The molecule has 0 spiro atoms. The third-order valence-corrected chi connectivity index (χ3v) is 5.25. The van der Waals surface area contributed by atoms with Crippen LogP contribution in [0.1, 0.15) is 68.7 Å². The number of carbonyl (C=O) groups excluding carboxylic acids is 2. The summed E-state index contributed by atoms with van der Waals surface area (Å²) in [6, 6.07) is 0. The summed E-state index contributed by atoms with van der Waals surface area (Å²) < 4.78 is 20.8. The third kappa shape index (κ3) is 6.36. The Kier molecular flexibility index (Phi) is 10.2. The van der Waals surface area contributed by atoms with Crippen LogP contribution in [0.2, 0.25) is 0 Å². The van der Waals surface area contributed by atoms with Gasteiger partial charge in [0.2, 0.25) is 6.29 Å². The molecule has 2 saturated heterocycles. The molecule has 0 radical (unpaired) electrons. The molecule has 0 aromatic heterocycles. The number of esters is 2. The molecule has 0 saturated carbocycles. The molecule has 0 aromatic carbocycles. The van der Waals surface area contributed by atoms with E-state index >= 15 is 0 Å². The smallest absolute Gasteiger partial charge is 0.305 e. The zero-order valence-electron chi connectivity index (χ0n) is 17.7. The van der Waals surface area contributed by atoms with Gasteiger partial charge in [-0.3, -0.25) is 9.59 Å². The number of hydrogen-bond acceptors (Lipinski definition) is 9. The lowest BCUT2D eigenvalue weighted by molar-refractivity contribution is -0.195. The van der Waals surface area contributed by atoms with Crippen LogP contribution in [-0.2, 0) is 28.5 Å². The van der Waals surface area contributed by atoms with Crippen molar-refractivity contribution in [2.24, 2.45) is 5.41 Å². The topological polar surface area (TPSA) is 132 Å². The van der Waals surface area contributed by atoms with E-state index < -0.39 is 48.4 Å². The number of aliphatic hydroxyl groups excluding tert-OH is 2. The lowest BCUT2D eigenvalue weighted by Gasteiger charge is -2.29. The molecule has 2 heterocycles. The van der Waals surface area contributed by atoms with Crippen LogP contribution in [0.5, 0.6) is 0 Å². The van der Waals surface area contributed by atoms with Crippen molar-refractivity contribution in [1.82, 2.24) is 0 Å². The molecule has 2 rings (SSSR count). The number of aliphatic hydroxyl groups is 3. The van der Waals surface area contributed by atoms with Gasteiger partial charge in [-0.2, -0.15) is 0 Å². The van der Waals surface area contributed by atoms with E-state index in [-0.39, 0.29) is 18.9 Å². The molecule has 0 aromatic rings. The summed E-state index contributed by atoms with van der Waals surface area (Å²) in [5.41, 5.74) is -1.70. The second kappa shape index (κ2) is 10.7. The van der Waals surface area contributed by atoms with Crippen LogP contribution in [0.4, 0.5) is 0 Å². The summed E-state index contributed by atoms with van der Waals surface area (Å²) in [5.74, 6) is -0.847. The van der Waals surface area contributed by atoms with E-state index in [1.165, 1.54) is 20.8 Å². The molecule has 2 aliphatic heterocycles. The Morgan fingerprint density at radius 2 is 1.41 bits per heavy atom. The first kappa shape index (κ1) is 27.7. The monoisotopic (exact) mass is 422 g/mol. The molecule has 9 nitrogen and oxygen atoms in total. The van der Waals surface area contributed by atoms with Gasteiger partial charge < -0.3 is 34.3 Å². The Morgan fingerprint density at radius 3 is 1.72 bits per heavy atom. The number of ether oxygens (including phenoxy) is 4. The van der Waals surface area contributed by atoms with Gasteiger partial charge in [-0.25, -0.2) is 0 Å². The minimum atomic E-state index is -1.33. The Morgan fingerprint density at radius 1 is 0.931 bits per heavy atom. The third-order valence-electron chi connectivity index (χ3n) is 5.25. The molecular weight excluding hydrogens is 384 g/mol. The summed E-state index contributed by atoms with van der Waals surface area (Å²) in [5, 5.41) is 27.8. The zero-order valence-corrected chi connectivity index (χ0v) is 17.7. The Bertz CT molecular complexity index is 546. The summed E-state index contributed by atoms with van der Waals surface area (Å²) >= 11 is 0. The van der Waals surface area contributed by atoms with Gasteiger partial charge in [0.15, 0.2) is 12.4 Å². The molecule has 0 bridgehead atoms. The van der Waals surface area contributed by atoms with Gasteiger partial charge in [-0.1, -0.05) is 35.1 Å². The van der Waals surface area contributed by atoms with Gasteiger partial charge in [0.1, 0.15) is 11.7 Å². The maximum atomic E-state index is 11.1. The lowest BCUT2D eigenvalue weighted by Crippen LogP contribution is -2.45. The van der Waals surface area contributed by atoms with Crippen molar-refractivity contribution in [3.8, 4) is 0 Å². The SMILES string of the molecule is C.CC[C@H]1OC(OC(C)=O)[C@H](OC(C)=O)C1(C)C.CC[C@H]1O[C@H](O)[C@H](O)[C@]1(C)O. The van der Waals surface area contributed by atoms with E-state index in [1.807, 2.05) is 27.7 Å². The fourth-order valence-electron chi connectivity index (χ4n) is 3.57. The minimum Gasteiger partial charge on any atom is -0.455 e. The molecule has 0 amide bonds. The molecule has 3 N–H and O–H groups in total. The standard InChI is InChI=1S/C12H20O5.C7H14O4.CH4/c1-6-9-12(4,5)10(15-7(2)13)11(17-9)16-8(3)14;1-3-4-7(2,10)5(8)6(9)11-4;/h9-11H,6H2,1-5H3;4-6,8-10H,3H2,1-2H3;1H4/t9-,10+,11?;4-,5+,6+,7-;/m11./s1. The number of carbonyl (C=O) groups is 2. The highest BCUT2D eigenvalue weighted by Crippen LogP contribution is 2.42. The number of hydrogen-bond donors (Lipinski definition) is 3. The zero-order chi connectivity index (χ0) is 21.9. The Labute approximate surface area is 173 Å². The number of rotatable bonds is 4. The van der Waals surface area contributed by atoms with Gasteiger partial charge in [-0.05, 0) is 19.8 Å². The average molecular weight is 423 g/mol. The molecule has 29 heavy (non-hydrogen) atoms. The average Bonchev–Trinajstić information content (AvgIpc) is 2.92. The maximum Gasteiger partial charge on any atom is 0.305 e. The van der Waals surface area contributed by atoms with Crippen molar-refractivity contribution in [3.63, 3.8) is 0 Å². The second-order valence-corrected chi connectivity index (χ2v) is 7.96. The first-order valence-electron chi connectivity index (χ1n) is 9.52. The van der Waals surface area contributed by atoms with Crippen LogP contribution < -0.4 is 0 Å². The van der Waals surface area contributed by atoms with Crippen molar-refractivity contribution in [3.05, 3.63) is 0 Å². The van der Waals surface area contributed by atoms with Gasteiger partial charge >= 0.3 is 11.9 Å². The van der Waals surface area contributed by atoms with Crippen LogP contribution in [0.3, 0.4) is 0 Å². The molecule has 9 heteroatoms. The normalized spacial score (nSPS) is 37.7. The second-order valence-electron chi connectivity index (χ2n) is 7.96. The van der Waals surface area contributed by atoms with E-state index in [2.05, 4.69) is 0 Å².